The Morgan fingerprint density at radius 3 is 2.95 bits per heavy atom. The lowest BCUT2D eigenvalue weighted by Crippen LogP contribution is -2.24. The molecule has 19 heavy (non-hydrogen) atoms. The van der Waals surface area contributed by atoms with E-state index in [1.807, 2.05) is 36.0 Å². The molecule has 0 fully saturated rings. The Labute approximate surface area is 119 Å². The Morgan fingerprint density at radius 2 is 2.21 bits per heavy atom. The van der Waals surface area contributed by atoms with E-state index in [0.717, 1.165) is 18.7 Å². The van der Waals surface area contributed by atoms with E-state index in [2.05, 4.69) is 16.9 Å². The van der Waals surface area contributed by atoms with E-state index < -0.39 is 0 Å². The second-order valence-corrected chi connectivity index (χ2v) is 5.10. The van der Waals surface area contributed by atoms with Gasteiger partial charge >= 0.3 is 0 Å². The first-order valence-corrected chi connectivity index (χ1v) is 7.82. The van der Waals surface area contributed by atoms with Crippen molar-refractivity contribution in [3.05, 3.63) is 24.3 Å². The molecule has 1 aromatic carbocycles. The summed E-state index contributed by atoms with van der Waals surface area (Å²) in [6, 6.07) is 7.68. The van der Waals surface area contributed by atoms with Crippen LogP contribution in [-0.2, 0) is 4.79 Å². The highest BCUT2D eigenvalue weighted by atomic mass is 32.2. The van der Waals surface area contributed by atoms with Gasteiger partial charge in [-0.15, -0.1) is 0 Å². The molecule has 0 radical (unpaired) electrons. The van der Waals surface area contributed by atoms with Gasteiger partial charge < -0.3 is 15.4 Å². The number of likely N-dealkylation sites (N-methyl/N-ethyl adjacent to an activating group) is 1. The molecule has 0 unspecified atom stereocenters. The van der Waals surface area contributed by atoms with Crippen molar-refractivity contribution in [3.63, 3.8) is 0 Å². The van der Waals surface area contributed by atoms with Crippen LogP contribution in [0.3, 0.4) is 0 Å². The highest BCUT2D eigenvalue weighted by Crippen LogP contribution is 2.17. The maximum Gasteiger partial charge on any atom is 0.257 e. The maximum absolute atomic E-state index is 11.1. The maximum atomic E-state index is 11.1. The largest absolute Gasteiger partial charge is 0.484 e. The van der Waals surface area contributed by atoms with Gasteiger partial charge in [0, 0.05) is 25.3 Å². The molecule has 1 amide bonds. The summed E-state index contributed by atoms with van der Waals surface area (Å²) in [7, 11) is 1.60. The zero-order valence-corrected chi connectivity index (χ0v) is 12.4. The van der Waals surface area contributed by atoms with Crippen LogP contribution in [0.25, 0.3) is 0 Å². The molecule has 0 aliphatic carbocycles. The zero-order chi connectivity index (χ0) is 13.9. The predicted octanol–water partition coefficient (Wildman–Crippen LogP) is 2.37. The summed E-state index contributed by atoms with van der Waals surface area (Å²) < 4.78 is 5.39. The van der Waals surface area contributed by atoms with E-state index in [4.69, 9.17) is 4.74 Å². The lowest BCUT2D eigenvalue weighted by Gasteiger charge is -2.09. The van der Waals surface area contributed by atoms with Crippen LogP contribution >= 0.6 is 11.8 Å². The summed E-state index contributed by atoms with van der Waals surface area (Å²) in [5.74, 6) is 1.78. The van der Waals surface area contributed by atoms with Crippen molar-refractivity contribution in [1.82, 2.24) is 5.32 Å². The Morgan fingerprint density at radius 1 is 1.37 bits per heavy atom. The number of amides is 1. The molecule has 4 nitrogen and oxygen atoms in total. The average Bonchev–Trinajstić information content (AvgIpc) is 2.45. The molecule has 0 heterocycles. The van der Waals surface area contributed by atoms with E-state index in [0.29, 0.717) is 5.75 Å². The van der Waals surface area contributed by atoms with Gasteiger partial charge in [-0.1, -0.05) is 6.07 Å². The van der Waals surface area contributed by atoms with Gasteiger partial charge in [-0.05, 0) is 37.0 Å². The van der Waals surface area contributed by atoms with Crippen molar-refractivity contribution < 1.29 is 9.53 Å². The molecule has 0 aliphatic rings. The molecule has 5 heteroatoms. The molecule has 0 atom stereocenters. The second-order valence-electron chi connectivity index (χ2n) is 4.12. The SMILES string of the molecule is CNC(=O)COc1cccc(NCCCCSC)c1. The van der Waals surface area contributed by atoms with Crippen LogP contribution in [-0.4, -0.2) is 38.1 Å². The molecule has 1 rings (SSSR count). The fourth-order valence-corrected chi connectivity index (χ4v) is 2.01. The lowest BCUT2D eigenvalue weighted by atomic mass is 10.3. The van der Waals surface area contributed by atoms with Crippen LogP contribution < -0.4 is 15.4 Å². The molecule has 106 valence electrons. The van der Waals surface area contributed by atoms with Crippen LogP contribution in [0.15, 0.2) is 24.3 Å². The quantitative estimate of drug-likeness (QED) is 0.683. The smallest absolute Gasteiger partial charge is 0.257 e. The van der Waals surface area contributed by atoms with Crippen molar-refractivity contribution in [2.75, 3.05) is 37.5 Å². The fourth-order valence-electron chi connectivity index (χ4n) is 1.52. The molecule has 0 aromatic heterocycles. The summed E-state index contributed by atoms with van der Waals surface area (Å²) in [4.78, 5) is 11.1. The predicted molar refractivity (Wildman–Crippen MR) is 82.1 cm³/mol. The van der Waals surface area contributed by atoms with Crippen LogP contribution in [0.4, 0.5) is 5.69 Å². The molecule has 0 spiro atoms. The number of ether oxygens (including phenoxy) is 1. The highest BCUT2D eigenvalue weighted by Gasteiger charge is 2.00. The number of unbranched alkanes of at least 4 members (excludes halogenated alkanes) is 1. The van der Waals surface area contributed by atoms with Gasteiger partial charge in [0.2, 0.25) is 0 Å². The monoisotopic (exact) mass is 282 g/mol. The number of benzene rings is 1. The van der Waals surface area contributed by atoms with Crippen LogP contribution in [0.2, 0.25) is 0 Å². The van der Waals surface area contributed by atoms with Gasteiger partial charge in [-0.2, -0.15) is 11.8 Å². The number of carbonyl (C=O) groups excluding carboxylic acids is 1. The number of thioether (sulfide) groups is 1. The molecule has 1 aromatic rings. The van der Waals surface area contributed by atoms with Gasteiger partial charge in [0.15, 0.2) is 6.61 Å². The number of anilines is 1. The summed E-state index contributed by atoms with van der Waals surface area (Å²) in [5.41, 5.74) is 1.03. The number of carbonyl (C=O) groups is 1. The number of nitrogens with one attached hydrogen (secondary N) is 2. The van der Waals surface area contributed by atoms with Gasteiger partial charge in [0.25, 0.3) is 5.91 Å². The molecule has 0 saturated carbocycles. The minimum Gasteiger partial charge on any atom is -0.484 e. The number of hydrogen-bond acceptors (Lipinski definition) is 4. The van der Waals surface area contributed by atoms with Crippen molar-refractivity contribution in [2.24, 2.45) is 0 Å². The van der Waals surface area contributed by atoms with Crippen molar-refractivity contribution in [2.45, 2.75) is 12.8 Å². The minimum atomic E-state index is -0.129. The van der Waals surface area contributed by atoms with E-state index in [9.17, 15) is 4.79 Å². The van der Waals surface area contributed by atoms with E-state index in [-0.39, 0.29) is 12.5 Å². The Kier molecular flexibility index (Phi) is 7.89. The Hall–Kier alpha value is -1.36. The molecule has 0 saturated heterocycles. The van der Waals surface area contributed by atoms with Crippen molar-refractivity contribution in [1.29, 1.82) is 0 Å². The van der Waals surface area contributed by atoms with Crippen LogP contribution in [0.1, 0.15) is 12.8 Å². The molecule has 2 N–H and O–H groups in total. The van der Waals surface area contributed by atoms with Crippen LogP contribution in [0.5, 0.6) is 5.75 Å². The van der Waals surface area contributed by atoms with E-state index in [1.165, 1.54) is 12.2 Å². The topological polar surface area (TPSA) is 50.4 Å². The van der Waals surface area contributed by atoms with Gasteiger partial charge in [0.1, 0.15) is 5.75 Å². The first-order valence-electron chi connectivity index (χ1n) is 6.42. The summed E-state index contributed by atoms with van der Waals surface area (Å²) in [5, 5.41) is 5.88. The van der Waals surface area contributed by atoms with Crippen LogP contribution in [0, 0.1) is 0 Å². The summed E-state index contributed by atoms with van der Waals surface area (Å²) in [6.45, 7) is 1.01. The lowest BCUT2D eigenvalue weighted by molar-refractivity contribution is -0.122. The molecule has 0 aliphatic heterocycles. The third kappa shape index (κ3) is 6.96. The molecule has 0 bridgehead atoms. The first-order chi connectivity index (χ1) is 9.26. The van der Waals surface area contributed by atoms with Gasteiger partial charge in [-0.25, -0.2) is 0 Å². The fraction of sp³-hybridized carbons (Fsp3) is 0.500. The Bertz CT molecular complexity index is 385. The molecular weight excluding hydrogens is 260 g/mol. The number of hydrogen-bond donors (Lipinski definition) is 2. The number of rotatable bonds is 9. The zero-order valence-electron chi connectivity index (χ0n) is 11.6. The molecular formula is C14H22N2O2S. The average molecular weight is 282 g/mol. The van der Waals surface area contributed by atoms with Gasteiger partial charge in [0.05, 0.1) is 0 Å². The third-order valence-electron chi connectivity index (χ3n) is 2.59. The summed E-state index contributed by atoms with van der Waals surface area (Å²) >= 11 is 1.88. The van der Waals surface area contributed by atoms with Crippen molar-refractivity contribution in [3.8, 4) is 5.75 Å². The summed E-state index contributed by atoms with van der Waals surface area (Å²) in [6.07, 6.45) is 4.51. The second kappa shape index (κ2) is 9.55. The standard InChI is InChI=1S/C14H22N2O2S/c1-15-14(17)11-18-13-7-5-6-12(10-13)16-8-3-4-9-19-2/h5-7,10,16H,3-4,8-9,11H2,1-2H3,(H,15,17). The minimum absolute atomic E-state index is 0.0493. The normalized spacial score (nSPS) is 10.0. The third-order valence-corrected chi connectivity index (χ3v) is 3.28. The van der Waals surface area contributed by atoms with Gasteiger partial charge in [-0.3, -0.25) is 4.79 Å². The first kappa shape index (κ1) is 15.7. The van der Waals surface area contributed by atoms with Crippen molar-refractivity contribution >= 4 is 23.4 Å². The Balaban J connectivity index is 2.33. The highest BCUT2D eigenvalue weighted by molar-refractivity contribution is 7.98. The van der Waals surface area contributed by atoms with E-state index in [1.54, 1.807) is 7.05 Å². The van der Waals surface area contributed by atoms with E-state index >= 15 is 0 Å².